The lowest BCUT2D eigenvalue weighted by Gasteiger charge is -2.35. The SMILES string of the molecule is CCN1CCN(c2ccc3c(c2F)=NCC2C(=O)NN(C4CC4)C=32)CC1. The Hall–Kier alpha value is -2.15. The molecule has 1 aromatic rings. The van der Waals surface area contributed by atoms with Gasteiger partial charge in [-0.2, -0.15) is 0 Å². The molecule has 5 rings (SSSR count). The van der Waals surface area contributed by atoms with E-state index in [1.165, 1.54) is 0 Å². The standard InChI is InChI=1S/C19H24FN5O/c1-2-23-7-9-24(10-8-23)15-6-5-13-17(16(15)20)21-11-14-18(13)25(12-3-4-12)22-19(14)26/h5-6,12,14H,2-4,7-11H2,1H3,(H,22,26). The molecule has 1 unspecified atom stereocenters. The maximum atomic E-state index is 15.3. The number of benzene rings is 1. The highest BCUT2D eigenvalue weighted by Gasteiger charge is 2.44. The third-order valence-corrected chi connectivity index (χ3v) is 6.01. The second-order valence-electron chi connectivity index (χ2n) is 7.57. The molecular weight excluding hydrogens is 333 g/mol. The number of fused-ring (bicyclic) bond motifs is 2. The zero-order chi connectivity index (χ0) is 17.8. The molecular formula is C19H24FN5O. The molecule has 6 nitrogen and oxygen atoms in total. The zero-order valence-corrected chi connectivity index (χ0v) is 15.0. The number of nitrogens with zero attached hydrogens (tertiary/aromatic N) is 4. The molecule has 0 spiro atoms. The summed E-state index contributed by atoms with van der Waals surface area (Å²) in [5.41, 5.74) is 4.52. The van der Waals surface area contributed by atoms with Crippen LogP contribution in [0.4, 0.5) is 10.1 Å². The van der Waals surface area contributed by atoms with Crippen molar-refractivity contribution in [3.05, 3.63) is 28.5 Å². The third-order valence-electron chi connectivity index (χ3n) is 6.01. The maximum Gasteiger partial charge on any atom is 0.249 e. The highest BCUT2D eigenvalue weighted by atomic mass is 19.1. The minimum atomic E-state index is -0.276. The van der Waals surface area contributed by atoms with Crippen LogP contribution in [0.1, 0.15) is 19.8 Å². The first kappa shape index (κ1) is 16.1. The Bertz CT molecular complexity index is 873. The van der Waals surface area contributed by atoms with Crippen LogP contribution in [-0.2, 0) is 4.79 Å². The van der Waals surface area contributed by atoms with Gasteiger partial charge in [0.2, 0.25) is 5.91 Å². The van der Waals surface area contributed by atoms with Gasteiger partial charge in [-0.3, -0.25) is 20.2 Å². The number of amides is 1. The number of likely N-dealkylation sites (N-methyl/N-ethyl adjacent to an activating group) is 1. The molecule has 1 saturated carbocycles. The fraction of sp³-hybridized carbons (Fsp3) is 0.579. The normalized spacial score (nSPS) is 25.7. The van der Waals surface area contributed by atoms with Gasteiger partial charge in [0, 0.05) is 31.4 Å². The van der Waals surface area contributed by atoms with Gasteiger partial charge < -0.3 is 9.80 Å². The minimum Gasteiger partial charge on any atom is -0.367 e. The lowest BCUT2D eigenvalue weighted by Crippen LogP contribution is -2.48. The molecule has 0 aromatic heterocycles. The second-order valence-corrected chi connectivity index (χ2v) is 7.57. The predicted molar refractivity (Wildman–Crippen MR) is 96.3 cm³/mol. The van der Waals surface area contributed by atoms with Crippen molar-refractivity contribution in [2.75, 3.05) is 44.2 Å². The molecule has 4 aliphatic rings. The van der Waals surface area contributed by atoms with Gasteiger partial charge >= 0.3 is 0 Å². The summed E-state index contributed by atoms with van der Waals surface area (Å²) < 4.78 is 15.3. The van der Waals surface area contributed by atoms with E-state index in [0.29, 0.717) is 23.6 Å². The van der Waals surface area contributed by atoms with E-state index in [1.54, 1.807) is 0 Å². The fourth-order valence-electron chi connectivity index (χ4n) is 4.30. The van der Waals surface area contributed by atoms with Crippen LogP contribution in [0.2, 0.25) is 0 Å². The van der Waals surface area contributed by atoms with Crippen LogP contribution in [0.5, 0.6) is 0 Å². The van der Waals surface area contributed by atoms with E-state index in [0.717, 1.165) is 56.5 Å². The van der Waals surface area contributed by atoms with Crippen LogP contribution in [0.3, 0.4) is 0 Å². The number of piperazine rings is 1. The van der Waals surface area contributed by atoms with E-state index in [1.807, 2.05) is 17.1 Å². The van der Waals surface area contributed by atoms with E-state index in [9.17, 15) is 4.79 Å². The molecule has 26 heavy (non-hydrogen) atoms. The van der Waals surface area contributed by atoms with E-state index < -0.39 is 0 Å². The van der Waals surface area contributed by atoms with Gasteiger partial charge in [-0.05, 0) is 31.5 Å². The van der Waals surface area contributed by atoms with Crippen molar-refractivity contribution in [1.29, 1.82) is 0 Å². The summed E-state index contributed by atoms with van der Waals surface area (Å²) in [6, 6.07) is 4.18. The van der Waals surface area contributed by atoms with Gasteiger partial charge in [-0.25, -0.2) is 4.39 Å². The van der Waals surface area contributed by atoms with Gasteiger partial charge in [-0.1, -0.05) is 6.92 Å². The average Bonchev–Trinajstić information content (AvgIpc) is 3.46. The number of carbonyl (C=O) groups excluding carboxylic acids is 1. The number of hydrazine groups is 1. The van der Waals surface area contributed by atoms with Crippen LogP contribution in [0.15, 0.2) is 17.1 Å². The average molecular weight is 357 g/mol. The van der Waals surface area contributed by atoms with E-state index in [-0.39, 0.29) is 17.6 Å². The van der Waals surface area contributed by atoms with Crippen LogP contribution in [0.25, 0.3) is 5.70 Å². The number of halogens is 1. The topological polar surface area (TPSA) is 51.2 Å². The lowest BCUT2D eigenvalue weighted by molar-refractivity contribution is -0.123. The Morgan fingerprint density at radius 3 is 2.69 bits per heavy atom. The largest absolute Gasteiger partial charge is 0.367 e. The summed E-state index contributed by atoms with van der Waals surface area (Å²) in [7, 11) is 0. The van der Waals surface area contributed by atoms with Gasteiger partial charge in [0.05, 0.1) is 24.0 Å². The van der Waals surface area contributed by atoms with Crippen LogP contribution < -0.4 is 20.9 Å². The van der Waals surface area contributed by atoms with E-state index in [4.69, 9.17) is 0 Å². The number of anilines is 1. The van der Waals surface area contributed by atoms with E-state index >= 15 is 4.39 Å². The summed E-state index contributed by atoms with van der Waals surface area (Å²) >= 11 is 0. The molecule has 1 N–H and O–H groups in total. The second kappa shape index (κ2) is 5.94. The van der Waals surface area contributed by atoms with Gasteiger partial charge in [0.25, 0.3) is 0 Å². The summed E-state index contributed by atoms with van der Waals surface area (Å²) in [6.45, 7) is 7.10. The van der Waals surface area contributed by atoms with Crippen LogP contribution >= 0.6 is 0 Å². The molecule has 0 radical (unpaired) electrons. The lowest BCUT2D eigenvalue weighted by atomic mass is 10.00. The summed E-state index contributed by atoms with van der Waals surface area (Å²) in [5, 5.41) is 3.17. The molecule has 2 saturated heterocycles. The van der Waals surface area contributed by atoms with Gasteiger partial charge in [0.15, 0.2) is 5.82 Å². The molecule has 1 aromatic carbocycles. The first-order valence-electron chi connectivity index (χ1n) is 9.61. The molecule has 7 heteroatoms. The molecule has 1 amide bonds. The van der Waals surface area contributed by atoms with Crippen molar-refractivity contribution in [2.24, 2.45) is 10.9 Å². The van der Waals surface area contributed by atoms with Crippen molar-refractivity contribution in [3.63, 3.8) is 0 Å². The predicted octanol–water partition coefficient (Wildman–Crippen LogP) is -0.166. The van der Waals surface area contributed by atoms with E-state index in [2.05, 4.69) is 27.1 Å². The Kier molecular flexibility index (Phi) is 3.67. The summed E-state index contributed by atoms with van der Waals surface area (Å²) in [5.74, 6) is -0.531. The van der Waals surface area contributed by atoms with Crippen molar-refractivity contribution < 1.29 is 9.18 Å². The van der Waals surface area contributed by atoms with Crippen molar-refractivity contribution >= 4 is 17.3 Å². The first-order valence-corrected chi connectivity index (χ1v) is 9.61. The fourth-order valence-corrected chi connectivity index (χ4v) is 4.30. The molecule has 1 aliphatic carbocycles. The Labute approximate surface area is 151 Å². The highest BCUT2D eigenvalue weighted by Crippen LogP contribution is 2.35. The number of hydrogen-bond acceptors (Lipinski definition) is 5. The van der Waals surface area contributed by atoms with Crippen LogP contribution in [-0.4, -0.2) is 61.1 Å². The van der Waals surface area contributed by atoms with Gasteiger partial charge in [-0.15, -0.1) is 0 Å². The molecule has 0 bridgehead atoms. The van der Waals surface area contributed by atoms with Crippen LogP contribution in [0, 0.1) is 11.7 Å². The Morgan fingerprint density at radius 1 is 1.23 bits per heavy atom. The molecule has 1 atom stereocenters. The van der Waals surface area contributed by atoms with Crippen molar-refractivity contribution in [3.8, 4) is 0 Å². The quantitative estimate of drug-likeness (QED) is 0.817. The molecule has 3 heterocycles. The Balaban J connectivity index is 1.56. The third kappa shape index (κ3) is 2.40. The summed E-state index contributed by atoms with van der Waals surface area (Å²) in [6.07, 6.45) is 2.15. The number of carbonyl (C=O) groups is 1. The number of rotatable bonds is 3. The number of nitrogens with one attached hydrogen (secondary N) is 1. The monoisotopic (exact) mass is 357 g/mol. The zero-order valence-electron chi connectivity index (χ0n) is 15.0. The van der Waals surface area contributed by atoms with Crippen molar-refractivity contribution in [2.45, 2.75) is 25.8 Å². The smallest absolute Gasteiger partial charge is 0.249 e. The maximum absolute atomic E-state index is 15.3. The highest BCUT2D eigenvalue weighted by molar-refractivity contribution is 5.92. The first-order chi connectivity index (χ1) is 12.7. The molecule has 3 aliphatic heterocycles. The summed E-state index contributed by atoms with van der Waals surface area (Å²) in [4.78, 5) is 21.2. The molecule has 138 valence electrons. The minimum absolute atomic E-state index is 0.0125. The van der Waals surface area contributed by atoms with Gasteiger partial charge in [0.1, 0.15) is 11.3 Å². The van der Waals surface area contributed by atoms with Crippen molar-refractivity contribution in [1.82, 2.24) is 15.3 Å². The molecule has 3 fully saturated rings. The number of hydrogen-bond donors (Lipinski definition) is 1. The Morgan fingerprint density at radius 2 is 2.00 bits per heavy atom.